The summed E-state index contributed by atoms with van der Waals surface area (Å²) in [5.74, 6) is -0.124. The van der Waals surface area contributed by atoms with Crippen molar-refractivity contribution >= 4 is 18.0 Å². The van der Waals surface area contributed by atoms with Crippen molar-refractivity contribution < 1.29 is 19.4 Å². The van der Waals surface area contributed by atoms with Crippen LogP contribution in [0.2, 0.25) is 0 Å². The van der Waals surface area contributed by atoms with Gasteiger partial charge in [0.05, 0.1) is 13.3 Å². The fraction of sp³-hybridized carbons (Fsp3) is 0.308. The van der Waals surface area contributed by atoms with Crippen LogP contribution in [0.15, 0.2) is 23.3 Å². The predicted octanol–water partition coefficient (Wildman–Crippen LogP) is 0.129. The Morgan fingerprint density at radius 1 is 1.60 bits per heavy atom. The van der Waals surface area contributed by atoms with E-state index in [0.717, 1.165) is 0 Å². The van der Waals surface area contributed by atoms with Crippen molar-refractivity contribution in [3.63, 3.8) is 0 Å². The molecule has 0 radical (unpaired) electrons. The van der Waals surface area contributed by atoms with Gasteiger partial charge in [-0.2, -0.15) is 5.10 Å². The third-order valence-corrected chi connectivity index (χ3v) is 2.90. The molecule has 106 valence electrons. The molecular formula is C13H15N3O4. The van der Waals surface area contributed by atoms with Crippen molar-refractivity contribution in [3.05, 3.63) is 23.8 Å². The van der Waals surface area contributed by atoms with Gasteiger partial charge in [0.2, 0.25) is 5.91 Å². The molecule has 0 saturated carbocycles. The fourth-order valence-corrected chi connectivity index (χ4v) is 1.83. The molecule has 1 fully saturated rings. The molecule has 1 atom stereocenters. The molecule has 1 aliphatic rings. The summed E-state index contributed by atoms with van der Waals surface area (Å²) in [7, 11) is 1.44. The summed E-state index contributed by atoms with van der Waals surface area (Å²) in [4.78, 5) is 22.6. The summed E-state index contributed by atoms with van der Waals surface area (Å²) < 4.78 is 4.96. The predicted molar refractivity (Wildman–Crippen MR) is 71.6 cm³/mol. The fourth-order valence-electron chi connectivity index (χ4n) is 1.83. The van der Waals surface area contributed by atoms with Crippen molar-refractivity contribution in [2.75, 3.05) is 7.11 Å². The molecule has 7 nitrogen and oxygen atoms in total. The molecule has 2 rings (SSSR count). The van der Waals surface area contributed by atoms with Crippen LogP contribution in [0.4, 0.5) is 0 Å². The molecule has 0 aromatic heterocycles. The van der Waals surface area contributed by atoms with Crippen molar-refractivity contribution in [3.8, 4) is 11.5 Å². The zero-order valence-corrected chi connectivity index (χ0v) is 10.9. The molecule has 1 aromatic carbocycles. The van der Waals surface area contributed by atoms with Crippen LogP contribution in [0.25, 0.3) is 0 Å². The molecule has 0 spiro atoms. The molecule has 2 amide bonds. The van der Waals surface area contributed by atoms with Crippen molar-refractivity contribution in [1.29, 1.82) is 0 Å². The number of nitrogens with zero attached hydrogens (tertiary/aromatic N) is 1. The Hall–Kier alpha value is -2.57. The lowest BCUT2D eigenvalue weighted by molar-refractivity contribution is -0.125. The van der Waals surface area contributed by atoms with Crippen LogP contribution in [0, 0.1) is 0 Å². The molecule has 1 aromatic rings. The topological polar surface area (TPSA) is 100 Å². The monoisotopic (exact) mass is 277 g/mol. The van der Waals surface area contributed by atoms with Crippen LogP contribution < -0.4 is 15.5 Å². The summed E-state index contributed by atoms with van der Waals surface area (Å²) in [5, 5.41) is 15.8. The van der Waals surface area contributed by atoms with Gasteiger partial charge in [0, 0.05) is 6.42 Å². The van der Waals surface area contributed by atoms with Crippen LogP contribution >= 0.6 is 0 Å². The van der Waals surface area contributed by atoms with Crippen molar-refractivity contribution in [1.82, 2.24) is 10.7 Å². The Labute approximate surface area is 115 Å². The highest BCUT2D eigenvalue weighted by Gasteiger charge is 2.26. The maximum atomic E-state index is 11.7. The van der Waals surface area contributed by atoms with E-state index in [9.17, 15) is 14.7 Å². The molecule has 7 heteroatoms. The third kappa shape index (κ3) is 3.25. The van der Waals surface area contributed by atoms with Gasteiger partial charge in [-0.25, -0.2) is 5.43 Å². The Kier molecular flexibility index (Phi) is 4.19. The van der Waals surface area contributed by atoms with E-state index in [2.05, 4.69) is 15.8 Å². The van der Waals surface area contributed by atoms with E-state index in [4.69, 9.17) is 4.74 Å². The molecule has 1 saturated heterocycles. The average Bonchev–Trinajstić information content (AvgIpc) is 2.87. The highest BCUT2D eigenvalue weighted by atomic mass is 16.5. The average molecular weight is 277 g/mol. The van der Waals surface area contributed by atoms with Gasteiger partial charge in [-0.15, -0.1) is 0 Å². The van der Waals surface area contributed by atoms with Crippen LogP contribution in [-0.2, 0) is 9.59 Å². The first-order valence-electron chi connectivity index (χ1n) is 6.09. The normalized spacial score (nSPS) is 18.1. The number of benzene rings is 1. The minimum Gasteiger partial charge on any atom is -0.504 e. The number of ether oxygens (including phenoxy) is 1. The minimum absolute atomic E-state index is 0.0300. The Morgan fingerprint density at radius 3 is 3.05 bits per heavy atom. The summed E-state index contributed by atoms with van der Waals surface area (Å²) >= 11 is 0. The van der Waals surface area contributed by atoms with E-state index in [-0.39, 0.29) is 17.6 Å². The van der Waals surface area contributed by atoms with Gasteiger partial charge in [-0.3, -0.25) is 9.59 Å². The standard InChI is InChI=1S/C13H15N3O4/c1-20-11-6-8(2-4-10(11)17)7-14-16-13(19)9-3-5-12(18)15-9/h2,4,6-7,9,17H,3,5H2,1H3,(H,15,18)(H,16,19)/b14-7+. The van der Waals surface area contributed by atoms with Crippen LogP contribution in [0.1, 0.15) is 18.4 Å². The quantitative estimate of drug-likeness (QED) is 0.538. The van der Waals surface area contributed by atoms with Crippen LogP contribution in [0.5, 0.6) is 11.5 Å². The van der Waals surface area contributed by atoms with E-state index in [1.54, 1.807) is 12.1 Å². The molecule has 3 N–H and O–H groups in total. The Morgan fingerprint density at radius 2 is 2.40 bits per heavy atom. The van der Waals surface area contributed by atoms with Crippen LogP contribution in [0.3, 0.4) is 0 Å². The van der Waals surface area contributed by atoms with E-state index in [0.29, 0.717) is 24.2 Å². The lowest BCUT2D eigenvalue weighted by Crippen LogP contribution is -2.39. The van der Waals surface area contributed by atoms with Gasteiger partial charge < -0.3 is 15.2 Å². The number of aromatic hydroxyl groups is 1. The minimum atomic E-state index is -0.519. The van der Waals surface area contributed by atoms with Crippen LogP contribution in [-0.4, -0.2) is 36.3 Å². The number of hydrogen-bond acceptors (Lipinski definition) is 5. The second-order valence-electron chi connectivity index (χ2n) is 4.32. The Bertz CT molecular complexity index is 557. The summed E-state index contributed by atoms with van der Waals surface area (Å²) in [6, 6.07) is 4.17. The van der Waals surface area contributed by atoms with Gasteiger partial charge in [-0.05, 0) is 30.2 Å². The lowest BCUT2D eigenvalue weighted by Gasteiger charge is -2.07. The molecule has 1 aliphatic heterocycles. The second-order valence-corrected chi connectivity index (χ2v) is 4.32. The van der Waals surface area contributed by atoms with E-state index in [1.165, 1.54) is 19.4 Å². The number of carbonyl (C=O) groups excluding carboxylic acids is 2. The lowest BCUT2D eigenvalue weighted by atomic mass is 10.2. The summed E-state index contributed by atoms with van der Waals surface area (Å²) in [5.41, 5.74) is 3.02. The van der Waals surface area contributed by atoms with Gasteiger partial charge in [0.25, 0.3) is 5.91 Å². The highest BCUT2D eigenvalue weighted by Crippen LogP contribution is 2.25. The van der Waals surface area contributed by atoms with E-state index in [1.807, 2.05) is 0 Å². The molecule has 1 heterocycles. The summed E-state index contributed by atoms with van der Waals surface area (Å²) in [6.07, 6.45) is 2.26. The molecule has 20 heavy (non-hydrogen) atoms. The number of nitrogens with one attached hydrogen (secondary N) is 2. The van der Waals surface area contributed by atoms with Crippen molar-refractivity contribution in [2.24, 2.45) is 5.10 Å². The first kappa shape index (κ1) is 13.9. The Balaban J connectivity index is 1.93. The highest BCUT2D eigenvalue weighted by molar-refractivity contribution is 5.91. The molecule has 0 bridgehead atoms. The zero-order chi connectivity index (χ0) is 14.5. The largest absolute Gasteiger partial charge is 0.504 e. The van der Waals surface area contributed by atoms with E-state index < -0.39 is 6.04 Å². The van der Waals surface area contributed by atoms with Gasteiger partial charge in [0.1, 0.15) is 6.04 Å². The molecule has 0 aliphatic carbocycles. The summed E-state index contributed by atoms with van der Waals surface area (Å²) in [6.45, 7) is 0. The molecule has 1 unspecified atom stereocenters. The number of phenolic OH excluding ortho intramolecular Hbond substituents is 1. The zero-order valence-electron chi connectivity index (χ0n) is 10.9. The van der Waals surface area contributed by atoms with Gasteiger partial charge in [-0.1, -0.05) is 0 Å². The smallest absolute Gasteiger partial charge is 0.262 e. The number of hydrazone groups is 1. The SMILES string of the molecule is COc1cc(/C=N/NC(=O)C2CCC(=O)N2)ccc1O. The first-order chi connectivity index (χ1) is 9.60. The second kappa shape index (κ2) is 6.05. The number of hydrogen-bond donors (Lipinski definition) is 3. The van der Waals surface area contributed by atoms with Gasteiger partial charge >= 0.3 is 0 Å². The van der Waals surface area contributed by atoms with Gasteiger partial charge in [0.15, 0.2) is 11.5 Å². The van der Waals surface area contributed by atoms with E-state index >= 15 is 0 Å². The number of methoxy groups -OCH3 is 1. The molecular weight excluding hydrogens is 262 g/mol. The number of phenols is 1. The maximum Gasteiger partial charge on any atom is 0.262 e. The third-order valence-electron chi connectivity index (χ3n) is 2.90. The maximum absolute atomic E-state index is 11.7. The number of rotatable bonds is 4. The number of carbonyl (C=O) groups is 2. The first-order valence-corrected chi connectivity index (χ1v) is 6.09. The number of amides is 2. The van der Waals surface area contributed by atoms with Crippen molar-refractivity contribution in [2.45, 2.75) is 18.9 Å².